The molecule has 196 valence electrons. The van der Waals surface area contributed by atoms with Gasteiger partial charge in [0.25, 0.3) is 11.6 Å². The average Bonchev–Trinajstić information content (AvgIpc) is 3.51. The summed E-state index contributed by atoms with van der Waals surface area (Å²) in [5.74, 6) is 0.270. The second-order valence-electron chi connectivity index (χ2n) is 9.02. The van der Waals surface area contributed by atoms with Crippen molar-refractivity contribution in [2.45, 2.75) is 39.5 Å². The van der Waals surface area contributed by atoms with Crippen molar-refractivity contribution in [2.75, 3.05) is 23.3 Å². The van der Waals surface area contributed by atoms with Crippen LogP contribution < -0.4 is 15.5 Å². The maximum Gasteiger partial charge on any atom is 0.293 e. The third kappa shape index (κ3) is 5.20. The van der Waals surface area contributed by atoms with Gasteiger partial charge in [0.05, 0.1) is 4.92 Å². The molecule has 2 N–H and O–H groups in total. The predicted octanol–water partition coefficient (Wildman–Crippen LogP) is 4.75. The first kappa shape index (κ1) is 25.7. The SMILES string of the molecule is CCc1nnc2sc(-c3ccc(C)c(NC(=S)NC(=O)c4ccc(N5CCCCC5)c([N+](=O)[O-])c4)c3)nn12. The number of fused-ring (bicyclic) bond motifs is 1. The fraction of sp³-hybridized carbons (Fsp3) is 0.320. The van der Waals surface area contributed by atoms with Gasteiger partial charge in [-0.3, -0.25) is 20.2 Å². The lowest BCUT2D eigenvalue weighted by Crippen LogP contribution is -2.34. The van der Waals surface area contributed by atoms with E-state index in [1.165, 1.54) is 17.4 Å². The Hall–Kier alpha value is -3.97. The largest absolute Gasteiger partial charge is 0.366 e. The summed E-state index contributed by atoms with van der Waals surface area (Å²) in [6.45, 7) is 5.46. The Morgan fingerprint density at radius 1 is 1.16 bits per heavy atom. The number of anilines is 2. The van der Waals surface area contributed by atoms with Gasteiger partial charge in [0.2, 0.25) is 4.96 Å². The third-order valence-corrected chi connectivity index (χ3v) is 7.61. The molecule has 5 rings (SSSR count). The Kier molecular flexibility index (Phi) is 7.29. The van der Waals surface area contributed by atoms with E-state index in [1.807, 2.05) is 36.9 Å². The van der Waals surface area contributed by atoms with E-state index in [2.05, 4.69) is 25.9 Å². The number of carbonyl (C=O) groups excluding carboxylic acids is 1. The Bertz CT molecular complexity index is 1540. The molecule has 1 amide bonds. The van der Waals surface area contributed by atoms with Crippen molar-refractivity contribution in [3.05, 3.63) is 63.5 Å². The highest BCUT2D eigenvalue weighted by Crippen LogP contribution is 2.32. The zero-order valence-electron chi connectivity index (χ0n) is 20.9. The van der Waals surface area contributed by atoms with Crippen LogP contribution in [0.3, 0.4) is 0 Å². The number of hydrogen-bond acceptors (Lipinski definition) is 9. The number of amides is 1. The zero-order valence-corrected chi connectivity index (χ0v) is 22.6. The minimum atomic E-state index is -0.523. The standard InChI is InChI=1S/C25H26N8O3S2/c1-3-21-28-29-25-32(21)30-23(38-25)17-8-7-15(2)18(13-17)26-24(37)27-22(34)16-9-10-19(20(14-16)33(35)36)31-11-5-4-6-12-31/h7-10,13-14H,3-6,11-12H2,1-2H3,(H2,26,27,34,37). The number of nitrogens with zero attached hydrogens (tertiary/aromatic N) is 6. The number of piperidine rings is 1. The van der Waals surface area contributed by atoms with Gasteiger partial charge in [-0.2, -0.15) is 9.61 Å². The minimum absolute atomic E-state index is 0.0850. The molecule has 4 aromatic rings. The van der Waals surface area contributed by atoms with Crippen LogP contribution in [0.1, 0.15) is 47.9 Å². The van der Waals surface area contributed by atoms with Gasteiger partial charge in [0.15, 0.2) is 10.9 Å². The maximum atomic E-state index is 12.9. The number of nitro groups is 1. The number of aryl methyl sites for hydroxylation is 2. The number of nitro benzene ring substituents is 1. The molecule has 1 aliphatic heterocycles. The summed E-state index contributed by atoms with van der Waals surface area (Å²) in [6, 6.07) is 10.4. The summed E-state index contributed by atoms with van der Waals surface area (Å²) < 4.78 is 1.74. The number of rotatable bonds is 6. The molecule has 0 saturated carbocycles. The summed E-state index contributed by atoms with van der Waals surface area (Å²) in [7, 11) is 0. The van der Waals surface area contributed by atoms with E-state index >= 15 is 0 Å². The second kappa shape index (κ2) is 10.8. The van der Waals surface area contributed by atoms with E-state index in [4.69, 9.17) is 12.2 Å². The average molecular weight is 551 g/mol. The first-order valence-corrected chi connectivity index (χ1v) is 13.5. The predicted molar refractivity (Wildman–Crippen MR) is 151 cm³/mol. The lowest BCUT2D eigenvalue weighted by atomic mass is 10.1. The number of thiocarbonyl (C=S) groups is 1. The van der Waals surface area contributed by atoms with Gasteiger partial charge >= 0.3 is 0 Å². The van der Waals surface area contributed by atoms with Crippen LogP contribution in [0.2, 0.25) is 0 Å². The molecule has 0 atom stereocenters. The Morgan fingerprint density at radius 2 is 1.95 bits per heavy atom. The van der Waals surface area contributed by atoms with E-state index in [0.717, 1.165) is 65.7 Å². The minimum Gasteiger partial charge on any atom is -0.366 e. The summed E-state index contributed by atoms with van der Waals surface area (Å²) in [6.07, 6.45) is 3.83. The lowest BCUT2D eigenvalue weighted by molar-refractivity contribution is -0.384. The van der Waals surface area contributed by atoms with Crippen molar-refractivity contribution in [1.29, 1.82) is 0 Å². The molecule has 0 bridgehead atoms. The van der Waals surface area contributed by atoms with Crippen molar-refractivity contribution in [1.82, 2.24) is 25.1 Å². The normalized spacial score (nSPS) is 13.5. The van der Waals surface area contributed by atoms with Crippen molar-refractivity contribution >= 4 is 56.6 Å². The Morgan fingerprint density at radius 3 is 2.68 bits per heavy atom. The molecule has 1 saturated heterocycles. The number of hydrogen-bond donors (Lipinski definition) is 2. The van der Waals surface area contributed by atoms with Crippen LogP contribution in [0.25, 0.3) is 15.5 Å². The van der Waals surface area contributed by atoms with Gasteiger partial charge in [-0.05, 0) is 62.2 Å². The topological polar surface area (TPSA) is 131 Å². The molecule has 38 heavy (non-hydrogen) atoms. The zero-order chi connectivity index (χ0) is 26.8. The Balaban J connectivity index is 1.31. The third-order valence-electron chi connectivity index (χ3n) is 6.46. The number of carbonyl (C=O) groups is 1. The van der Waals surface area contributed by atoms with E-state index in [9.17, 15) is 14.9 Å². The van der Waals surface area contributed by atoms with Gasteiger partial charge in [0.1, 0.15) is 10.7 Å². The van der Waals surface area contributed by atoms with Gasteiger partial charge < -0.3 is 10.2 Å². The molecular formula is C25H26N8O3S2. The highest BCUT2D eigenvalue weighted by molar-refractivity contribution is 7.80. The van der Waals surface area contributed by atoms with Crippen molar-refractivity contribution in [3.63, 3.8) is 0 Å². The maximum absolute atomic E-state index is 12.9. The van der Waals surface area contributed by atoms with Crippen molar-refractivity contribution < 1.29 is 9.72 Å². The number of nitrogens with one attached hydrogen (secondary N) is 2. The van der Waals surface area contributed by atoms with E-state index in [0.29, 0.717) is 11.4 Å². The molecule has 2 aromatic carbocycles. The molecule has 2 aromatic heterocycles. The van der Waals surface area contributed by atoms with Crippen LogP contribution in [0.5, 0.6) is 0 Å². The molecule has 13 heteroatoms. The first-order chi connectivity index (χ1) is 18.3. The highest BCUT2D eigenvalue weighted by Gasteiger charge is 2.23. The second-order valence-corrected chi connectivity index (χ2v) is 10.4. The molecule has 3 heterocycles. The molecule has 0 spiro atoms. The van der Waals surface area contributed by atoms with E-state index in [-0.39, 0.29) is 16.4 Å². The number of benzene rings is 2. The summed E-state index contributed by atoms with van der Waals surface area (Å²) in [5.41, 5.74) is 3.12. The molecule has 1 fully saturated rings. The quantitative estimate of drug-likeness (QED) is 0.198. The highest BCUT2D eigenvalue weighted by atomic mass is 32.1. The van der Waals surface area contributed by atoms with Crippen LogP contribution >= 0.6 is 23.6 Å². The van der Waals surface area contributed by atoms with Gasteiger partial charge in [-0.15, -0.1) is 10.2 Å². The van der Waals surface area contributed by atoms with E-state index in [1.54, 1.807) is 16.6 Å². The monoisotopic (exact) mass is 550 g/mol. The van der Waals surface area contributed by atoms with Gasteiger partial charge in [-0.25, -0.2) is 0 Å². The Labute approximate surface area is 228 Å². The molecule has 0 unspecified atom stereocenters. The molecule has 0 radical (unpaired) electrons. The van der Waals surface area contributed by atoms with Crippen LogP contribution in [0, 0.1) is 17.0 Å². The van der Waals surface area contributed by atoms with Crippen molar-refractivity contribution in [2.24, 2.45) is 0 Å². The summed E-state index contributed by atoms with van der Waals surface area (Å²) >= 11 is 6.83. The summed E-state index contributed by atoms with van der Waals surface area (Å²) in [4.78, 5) is 27.0. The smallest absolute Gasteiger partial charge is 0.293 e. The van der Waals surface area contributed by atoms with Crippen LogP contribution in [0.15, 0.2) is 36.4 Å². The van der Waals surface area contributed by atoms with Gasteiger partial charge in [0, 0.05) is 42.4 Å². The number of aromatic nitrogens is 4. The van der Waals surface area contributed by atoms with Crippen molar-refractivity contribution in [3.8, 4) is 10.6 Å². The molecule has 1 aliphatic rings. The van der Waals surface area contributed by atoms with Crippen LogP contribution in [-0.4, -0.2) is 48.8 Å². The lowest BCUT2D eigenvalue weighted by Gasteiger charge is -2.28. The molecule has 0 aliphatic carbocycles. The van der Waals surface area contributed by atoms with Crippen LogP contribution in [-0.2, 0) is 6.42 Å². The fourth-order valence-electron chi connectivity index (χ4n) is 4.43. The van der Waals surface area contributed by atoms with E-state index < -0.39 is 10.8 Å². The first-order valence-electron chi connectivity index (χ1n) is 12.3. The molecule has 11 nitrogen and oxygen atoms in total. The summed E-state index contributed by atoms with van der Waals surface area (Å²) in [5, 5.41) is 31.3. The van der Waals surface area contributed by atoms with Crippen LogP contribution in [0.4, 0.5) is 17.1 Å². The fourth-order valence-corrected chi connectivity index (χ4v) is 5.48. The van der Waals surface area contributed by atoms with Gasteiger partial charge in [-0.1, -0.05) is 30.4 Å². The molecular weight excluding hydrogens is 524 g/mol.